The zero-order valence-corrected chi connectivity index (χ0v) is 17.3. The van der Waals surface area contributed by atoms with Gasteiger partial charge in [0.1, 0.15) is 0 Å². The Labute approximate surface area is 166 Å². The number of hydrogen-bond donors (Lipinski definition) is 1. The molecule has 2 aromatic rings. The summed E-state index contributed by atoms with van der Waals surface area (Å²) in [5, 5.41) is 2.84. The van der Waals surface area contributed by atoms with Crippen LogP contribution in [0.15, 0.2) is 35.2 Å². The molecule has 7 heteroatoms. The molecule has 0 atom stereocenters. The minimum absolute atomic E-state index is 0.0203. The van der Waals surface area contributed by atoms with E-state index >= 15 is 0 Å². The zero-order chi connectivity index (χ0) is 20.1. The van der Waals surface area contributed by atoms with Gasteiger partial charge in [-0.3, -0.25) is 4.79 Å². The molecule has 1 fully saturated rings. The second-order valence-electron chi connectivity index (χ2n) is 7.69. The van der Waals surface area contributed by atoms with Crippen molar-refractivity contribution < 1.29 is 13.2 Å². The predicted octanol–water partition coefficient (Wildman–Crippen LogP) is 2.62. The van der Waals surface area contributed by atoms with Gasteiger partial charge in [-0.2, -0.15) is 4.31 Å². The van der Waals surface area contributed by atoms with Gasteiger partial charge < -0.3 is 10.2 Å². The Morgan fingerprint density at radius 2 is 1.57 bits per heavy atom. The first-order valence-corrected chi connectivity index (χ1v) is 11.0. The van der Waals surface area contributed by atoms with Gasteiger partial charge in [0.05, 0.1) is 11.3 Å². The molecule has 0 unspecified atom stereocenters. The van der Waals surface area contributed by atoms with E-state index in [0.29, 0.717) is 37.5 Å². The highest BCUT2D eigenvalue weighted by atomic mass is 32.2. The van der Waals surface area contributed by atoms with Gasteiger partial charge in [-0.25, -0.2) is 8.42 Å². The first kappa shape index (κ1) is 19.0. The van der Waals surface area contributed by atoms with Crippen LogP contribution >= 0.6 is 0 Å². The average Bonchev–Trinajstić information content (AvgIpc) is 2.99. The van der Waals surface area contributed by atoms with Crippen molar-refractivity contribution in [3.05, 3.63) is 52.6 Å². The first-order valence-electron chi connectivity index (χ1n) is 9.51. The van der Waals surface area contributed by atoms with Gasteiger partial charge in [0, 0.05) is 37.6 Å². The van der Waals surface area contributed by atoms with Crippen LogP contribution in [0.3, 0.4) is 0 Å². The first-order chi connectivity index (χ1) is 13.3. The van der Waals surface area contributed by atoms with E-state index < -0.39 is 10.0 Å². The number of sulfonamides is 1. The summed E-state index contributed by atoms with van der Waals surface area (Å²) in [5.41, 5.74) is 5.59. The lowest BCUT2D eigenvalue weighted by Crippen LogP contribution is -2.48. The van der Waals surface area contributed by atoms with Crippen LogP contribution in [0, 0.1) is 20.8 Å². The van der Waals surface area contributed by atoms with Crippen molar-refractivity contribution in [1.82, 2.24) is 4.31 Å². The monoisotopic (exact) mass is 399 g/mol. The van der Waals surface area contributed by atoms with Crippen LogP contribution in [-0.2, 0) is 21.2 Å². The van der Waals surface area contributed by atoms with Gasteiger partial charge in [0.2, 0.25) is 15.9 Å². The number of rotatable bonds is 3. The molecule has 2 aliphatic heterocycles. The number of piperazine rings is 1. The molecule has 2 heterocycles. The Morgan fingerprint density at radius 1 is 0.929 bits per heavy atom. The predicted molar refractivity (Wildman–Crippen MR) is 110 cm³/mol. The maximum absolute atomic E-state index is 13.2. The Kier molecular flexibility index (Phi) is 4.67. The largest absolute Gasteiger partial charge is 0.369 e. The summed E-state index contributed by atoms with van der Waals surface area (Å²) < 4.78 is 28.1. The van der Waals surface area contributed by atoms with Gasteiger partial charge in [-0.1, -0.05) is 17.7 Å². The Bertz CT molecular complexity index is 1030. The minimum Gasteiger partial charge on any atom is -0.369 e. The van der Waals surface area contributed by atoms with E-state index in [1.165, 1.54) is 0 Å². The third-order valence-corrected chi connectivity index (χ3v) is 7.73. The van der Waals surface area contributed by atoms with Gasteiger partial charge in [-0.05, 0) is 55.7 Å². The summed E-state index contributed by atoms with van der Waals surface area (Å²) in [6.07, 6.45) is 0.406. The van der Waals surface area contributed by atoms with Crippen molar-refractivity contribution in [2.24, 2.45) is 0 Å². The van der Waals surface area contributed by atoms with Crippen molar-refractivity contribution in [3.63, 3.8) is 0 Å². The Morgan fingerprint density at radius 3 is 2.21 bits per heavy atom. The quantitative estimate of drug-likeness (QED) is 0.861. The molecule has 0 bridgehead atoms. The highest BCUT2D eigenvalue weighted by Crippen LogP contribution is 2.30. The van der Waals surface area contributed by atoms with E-state index in [0.717, 1.165) is 33.6 Å². The van der Waals surface area contributed by atoms with Crippen molar-refractivity contribution >= 4 is 27.3 Å². The van der Waals surface area contributed by atoms with Crippen LogP contribution in [0.4, 0.5) is 11.4 Å². The van der Waals surface area contributed by atoms with Gasteiger partial charge in [0.15, 0.2) is 0 Å². The maximum Gasteiger partial charge on any atom is 0.243 e. The Hall–Kier alpha value is -2.38. The molecule has 1 amide bonds. The highest BCUT2D eigenvalue weighted by Gasteiger charge is 2.31. The van der Waals surface area contributed by atoms with E-state index in [1.807, 2.05) is 51.1 Å². The number of hydrogen-bond acceptors (Lipinski definition) is 4. The molecular formula is C21H25N3O3S. The number of anilines is 2. The van der Waals surface area contributed by atoms with Crippen LogP contribution < -0.4 is 10.2 Å². The molecule has 2 aliphatic rings. The molecule has 0 spiro atoms. The fourth-order valence-corrected chi connectivity index (χ4v) is 6.14. The van der Waals surface area contributed by atoms with Crippen molar-refractivity contribution in [2.75, 3.05) is 36.4 Å². The van der Waals surface area contributed by atoms with Crippen LogP contribution in [-0.4, -0.2) is 44.8 Å². The fourth-order valence-electron chi connectivity index (χ4n) is 4.30. The molecule has 4 rings (SSSR count). The number of fused-ring (bicyclic) bond motifs is 1. The number of benzene rings is 2. The molecule has 0 aromatic heterocycles. The van der Waals surface area contributed by atoms with Gasteiger partial charge >= 0.3 is 0 Å². The van der Waals surface area contributed by atoms with Gasteiger partial charge in [0.25, 0.3) is 0 Å². The molecule has 2 aromatic carbocycles. The Balaban J connectivity index is 1.52. The highest BCUT2D eigenvalue weighted by molar-refractivity contribution is 7.89. The molecule has 0 aliphatic carbocycles. The maximum atomic E-state index is 13.2. The molecule has 148 valence electrons. The summed E-state index contributed by atoms with van der Waals surface area (Å²) in [5.74, 6) is 0.0203. The van der Waals surface area contributed by atoms with E-state index in [9.17, 15) is 13.2 Å². The van der Waals surface area contributed by atoms with E-state index in [4.69, 9.17) is 0 Å². The van der Waals surface area contributed by atoms with Crippen LogP contribution in [0.25, 0.3) is 0 Å². The summed E-state index contributed by atoms with van der Waals surface area (Å²) in [6, 6.07) is 9.80. The van der Waals surface area contributed by atoms with Crippen molar-refractivity contribution in [3.8, 4) is 0 Å². The van der Waals surface area contributed by atoms with E-state index in [2.05, 4.69) is 10.2 Å². The van der Waals surface area contributed by atoms with Crippen LogP contribution in [0.2, 0.25) is 0 Å². The zero-order valence-electron chi connectivity index (χ0n) is 16.4. The number of carbonyl (C=O) groups is 1. The number of carbonyl (C=O) groups excluding carboxylic acids is 1. The third-order valence-electron chi connectivity index (χ3n) is 5.52. The lowest BCUT2D eigenvalue weighted by Gasteiger charge is -2.36. The third kappa shape index (κ3) is 3.29. The number of nitrogens with one attached hydrogen (secondary N) is 1. The summed E-state index contributed by atoms with van der Waals surface area (Å²) in [4.78, 5) is 14.2. The summed E-state index contributed by atoms with van der Waals surface area (Å²) in [7, 11) is -3.51. The molecular weight excluding hydrogens is 374 g/mol. The van der Waals surface area contributed by atoms with E-state index in [1.54, 1.807) is 4.31 Å². The van der Waals surface area contributed by atoms with E-state index in [-0.39, 0.29) is 5.91 Å². The summed E-state index contributed by atoms with van der Waals surface area (Å²) >= 11 is 0. The minimum atomic E-state index is -3.51. The van der Waals surface area contributed by atoms with Crippen LogP contribution in [0.5, 0.6) is 0 Å². The molecule has 6 nitrogen and oxygen atoms in total. The number of nitrogens with zero attached hydrogens (tertiary/aromatic N) is 2. The molecule has 1 N–H and O–H groups in total. The lowest BCUT2D eigenvalue weighted by atomic mass is 10.1. The van der Waals surface area contributed by atoms with Crippen LogP contribution in [0.1, 0.15) is 22.3 Å². The smallest absolute Gasteiger partial charge is 0.243 e. The van der Waals surface area contributed by atoms with Crippen molar-refractivity contribution in [2.45, 2.75) is 32.1 Å². The summed E-state index contributed by atoms with van der Waals surface area (Å²) in [6.45, 7) is 7.86. The molecule has 0 radical (unpaired) electrons. The molecule has 0 saturated carbocycles. The second-order valence-corrected chi connectivity index (χ2v) is 9.56. The molecule has 28 heavy (non-hydrogen) atoms. The lowest BCUT2D eigenvalue weighted by molar-refractivity contribution is -0.115. The topological polar surface area (TPSA) is 69.7 Å². The average molecular weight is 400 g/mol. The van der Waals surface area contributed by atoms with Crippen molar-refractivity contribution in [1.29, 1.82) is 0 Å². The van der Waals surface area contributed by atoms with Gasteiger partial charge in [-0.15, -0.1) is 0 Å². The molecule has 1 saturated heterocycles. The second kappa shape index (κ2) is 6.90. The normalized spacial score (nSPS) is 17.5. The SMILES string of the molecule is Cc1cc(C)c(S(=O)(=O)N2CCN(c3ccc4c(c3)CC(=O)N4)CC2)c(C)c1. The standard InChI is InChI=1S/C21H25N3O3S/c1-14-10-15(2)21(16(3)11-14)28(26,27)24-8-6-23(7-9-24)18-4-5-19-17(12-18)13-20(25)22-19/h4-5,10-12H,6-9,13H2,1-3H3,(H,22,25). The number of amides is 1. The number of aryl methyl sites for hydroxylation is 3. The fraction of sp³-hybridized carbons (Fsp3) is 0.381.